The first-order chi connectivity index (χ1) is 9.25. The Labute approximate surface area is 112 Å². The van der Waals surface area contributed by atoms with Crippen molar-refractivity contribution in [2.45, 2.75) is 38.5 Å². The highest BCUT2D eigenvalue weighted by Crippen LogP contribution is 2.30. The number of nitrogens with zero attached hydrogens (tertiary/aromatic N) is 1. The molecule has 1 fully saturated rings. The fraction of sp³-hybridized carbons (Fsp3) is 0.467. The summed E-state index contributed by atoms with van der Waals surface area (Å²) >= 11 is 0. The summed E-state index contributed by atoms with van der Waals surface area (Å²) in [6, 6.07) is 5.45. The quantitative estimate of drug-likeness (QED) is 0.800. The molecule has 0 aromatic heterocycles. The van der Waals surface area contributed by atoms with Gasteiger partial charge in [-0.25, -0.2) is 5.43 Å². The van der Waals surface area contributed by atoms with Gasteiger partial charge in [-0.2, -0.15) is 5.10 Å². The van der Waals surface area contributed by atoms with E-state index in [1.54, 1.807) is 6.07 Å². The number of benzene rings is 1. The van der Waals surface area contributed by atoms with Crippen molar-refractivity contribution in [3.05, 3.63) is 29.3 Å². The average Bonchev–Trinajstić information content (AvgIpc) is 3.06. The van der Waals surface area contributed by atoms with E-state index in [9.17, 15) is 9.90 Å². The second kappa shape index (κ2) is 5.03. The van der Waals surface area contributed by atoms with E-state index in [0.717, 1.165) is 55.4 Å². The number of hydrogen-bond donors (Lipinski definition) is 2. The molecule has 0 aliphatic heterocycles. The summed E-state index contributed by atoms with van der Waals surface area (Å²) in [5.41, 5.74) is 5.47. The maximum atomic E-state index is 11.9. The van der Waals surface area contributed by atoms with Crippen LogP contribution in [0.3, 0.4) is 0 Å². The van der Waals surface area contributed by atoms with E-state index in [-0.39, 0.29) is 11.8 Å². The third-order valence-corrected chi connectivity index (χ3v) is 4.10. The van der Waals surface area contributed by atoms with Crippen LogP contribution in [0, 0.1) is 5.92 Å². The van der Waals surface area contributed by atoms with Crippen LogP contribution < -0.4 is 5.43 Å². The number of phenols is 1. The molecule has 2 N–H and O–H groups in total. The van der Waals surface area contributed by atoms with Crippen molar-refractivity contribution < 1.29 is 9.90 Å². The number of phenolic OH excluding ortho intramolecular Hbond substituents is 1. The summed E-state index contributed by atoms with van der Waals surface area (Å²) < 4.78 is 0. The molecule has 0 saturated heterocycles. The Bertz CT molecular complexity index is 531. The van der Waals surface area contributed by atoms with Crippen molar-refractivity contribution in [3.8, 4) is 5.75 Å². The van der Waals surface area contributed by atoms with E-state index in [0.29, 0.717) is 5.75 Å². The van der Waals surface area contributed by atoms with Crippen molar-refractivity contribution in [1.82, 2.24) is 5.43 Å². The zero-order chi connectivity index (χ0) is 13.2. The van der Waals surface area contributed by atoms with Crippen LogP contribution in [0.25, 0.3) is 0 Å². The SMILES string of the molecule is O=C(NN=C1CCc2c(O)cccc21)C1CCCC1. The van der Waals surface area contributed by atoms with Crippen molar-refractivity contribution in [2.75, 3.05) is 0 Å². The van der Waals surface area contributed by atoms with Gasteiger partial charge in [0.05, 0.1) is 5.71 Å². The third-order valence-electron chi connectivity index (χ3n) is 4.10. The highest BCUT2D eigenvalue weighted by molar-refractivity contribution is 6.05. The van der Waals surface area contributed by atoms with E-state index in [1.165, 1.54) is 0 Å². The Balaban J connectivity index is 1.73. The number of carbonyl (C=O) groups is 1. The van der Waals surface area contributed by atoms with Crippen LogP contribution in [0.15, 0.2) is 23.3 Å². The van der Waals surface area contributed by atoms with Crippen LogP contribution in [0.2, 0.25) is 0 Å². The van der Waals surface area contributed by atoms with E-state index in [1.807, 2.05) is 12.1 Å². The van der Waals surface area contributed by atoms with Gasteiger partial charge in [0, 0.05) is 17.0 Å². The number of nitrogens with one attached hydrogen (secondary N) is 1. The molecule has 19 heavy (non-hydrogen) atoms. The second-order valence-electron chi connectivity index (χ2n) is 5.32. The number of rotatable bonds is 2. The van der Waals surface area contributed by atoms with Crippen LogP contribution in [0.4, 0.5) is 0 Å². The Morgan fingerprint density at radius 3 is 2.84 bits per heavy atom. The minimum atomic E-state index is 0.0404. The van der Waals surface area contributed by atoms with E-state index in [4.69, 9.17) is 0 Å². The van der Waals surface area contributed by atoms with Crippen LogP contribution in [0.5, 0.6) is 5.75 Å². The van der Waals surface area contributed by atoms with Crippen molar-refractivity contribution in [2.24, 2.45) is 11.0 Å². The highest BCUT2D eigenvalue weighted by Gasteiger charge is 2.24. The summed E-state index contributed by atoms with van der Waals surface area (Å²) in [6.07, 6.45) is 5.82. The number of aromatic hydroxyl groups is 1. The molecule has 100 valence electrons. The van der Waals surface area contributed by atoms with E-state index >= 15 is 0 Å². The number of carbonyl (C=O) groups excluding carboxylic acids is 1. The molecule has 0 atom stereocenters. The zero-order valence-corrected chi connectivity index (χ0v) is 10.9. The smallest absolute Gasteiger partial charge is 0.243 e. The van der Waals surface area contributed by atoms with E-state index < -0.39 is 0 Å². The first kappa shape index (κ1) is 12.2. The Morgan fingerprint density at radius 2 is 2.05 bits per heavy atom. The molecule has 0 bridgehead atoms. The molecule has 4 nitrogen and oxygen atoms in total. The molecule has 1 aromatic rings. The lowest BCUT2D eigenvalue weighted by Crippen LogP contribution is -2.26. The predicted molar refractivity (Wildman–Crippen MR) is 73.1 cm³/mol. The largest absolute Gasteiger partial charge is 0.508 e. The normalized spacial score (nSPS) is 20.7. The number of hydrogen-bond acceptors (Lipinski definition) is 3. The summed E-state index contributed by atoms with van der Waals surface area (Å²) in [6.45, 7) is 0. The van der Waals surface area contributed by atoms with Gasteiger partial charge in [-0.05, 0) is 31.7 Å². The van der Waals surface area contributed by atoms with Gasteiger partial charge >= 0.3 is 0 Å². The van der Waals surface area contributed by atoms with Crippen LogP contribution in [-0.2, 0) is 11.2 Å². The summed E-state index contributed by atoms with van der Waals surface area (Å²) in [7, 11) is 0. The van der Waals surface area contributed by atoms with Gasteiger partial charge in [0.15, 0.2) is 0 Å². The van der Waals surface area contributed by atoms with E-state index in [2.05, 4.69) is 10.5 Å². The first-order valence-electron chi connectivity index (χ1n) is 6.93. The molecule has 2 aliphatic carbocycles. The van der Waals surface area contributed by atoms with Crippen LogP contribution in [0.1, 0.15) is 43.2 Å². The molecule has 0 radical (unpaired) electrons. The van der Waals surface area contributed by atoms with Crippen molar-refractivity contribution in [3.63, 3.8) is 0 Å². The van der Waals surface area contributed by atoms with Crippen LogP contribution >= 0.6 is 0 Å². The van der Waals surface area contributed by atoms with Gasteiger partial charge in [0.2, 0.25) is 5.91 Å². The number of amides is 1. The monoisotopic (exact) mass is 258 g/mol. The van der Waals surface area contributed by atoms with Gasteiger partial charge in [0.25, 0.3) is 0 Å². The lowest BCUT2D eigenvalue weighted by Gasteiger charge is -2.07. The van der Waals surface area contributed by atoms with Gasteiger partial charge < -0.3 is 5.11 Å². The Hall–Kier alpha value is -1.84. The summed E-state index contributed by atoms with van der Waals surface area (Å²) in [5, 5.41) is 14.0. The van der Waals surface area contributed by atoms with Crippen molar-refractivity contribution >= 4 is 11.6 Å². The molecular formula is C15H18N2O2. The molecule has 3 rings (SSSR count). The lowest BCUT2D eigenvalue weighted by atomic mass is 10.1. The lowest BCUT2D eigenvalue weighted by molar-refractivity contribution is -0.124. The van der Waals surface area contributed by atoms with Crippen LogP contribution in [-0.4, -0.2) is 16.7 Å². The fourth-order valence-electron chi connectivity index (χ4n) is 3.00. The molecule has 0 heterocycles. The standard InChI is InChI=1S/C15H18N2O2/c18-14-7-3-6-11-12(14)8-9-13(11)16-17-15(19)10-4-1-2-5-10/h3,6-7,10,18H,1-2,4-5,8-9H2,(H,17,19). The molecule has 1 aromatic carbocycles. The zero-order valence-electron chi connectivity index (χ0n) is 10.9. The topological polar surface area (TPSA) is 61.7 Å². The fourth-order valence-corrected chi connectivity index (χ4v) is 3.00. The summed E-state index contributed by atoms with van der Waals surface area (Å²) in [5.74, 6) is 0.498. The van der Waals surface area contributed by atoms with Gasteiger partial charge in [0.1, 0.15) is 5.75 Å². The second-order valence-corrected chi connectivity index (χ2v) is 5.32. The van der Waals surface area contributed by atoms with Gasteiger partial charge in [-0.15, -0.1) is 0 Å². The number of fused-ring (bicyclic) bond motifs is 1. The molecule has 1 amide bonds. The Morgan fingerprint density at radius 1 is 1.26 bits per heavy atom. The van der Waals surface area contributed by atoms with Crippen molar-refractivity contribution in [1.29, 1.82) is 0 Å². The maximum Gasteiger partial charge on any atom is 0.243 e. The first-order valence-corrected chi connectivity index (χ1v) is 6.93. The van der Waals surface area contributed by atoms with Gasteiger partial charge in [-0.3, -0.25) is 4.79 Å². The van der Waals surface area contributed by atoms with Gasteiger partial charge in [-0.1, -0.05) is 25.0 Å². The minimum absolute atomic E-state index is 0.0404. The minimum Gasteiger partial charge on any atom is -0.508 e. The molecule has 1 saturated carbocycles. The molecule has 2 aliphatic rings. The average molecular weight is 258 g/mol. The predicted octanol–water partition coefficient (Wildman–Crippen LogP) is 2.35. The molecule has 0 spiro atoms. The Kier molecular flexibility index (Phi) is 3.23. The number of hydrazone groups is 1. The summed E-state index contributed by atoms with van der Waals surface area (Å²) in [4.78, 5) is 11.9. The highest BCUT2D eigenvalue weighted by atomic mass is 16.3. The molecule has 4 heteroatoms. The molecular weight excluding hydrogens is 240 g/mol. The maximum absolute atomic E-state index is 11.9. The molecule has 0 unspecified atom stereocenters. The third kappa shape index (κ3) is 2.35.